The summed E-state index contributed by atoms with van der Waals surface area (Å²) in [7, 11) is 0. The van der Waals surface area contributed by atoms with Gasteiger partial charge in [0.15, 0.2) is 0 Å². The molecule has 3 aliphatic rings. The largest absolute Gasteiger partial charge is 0.374 e. The first-order valence-electron chi connectivity index (χ1n) is 8.35. The minimum absolute atomic E-state index is 0.0100. The summed E-state index contributed by atoms with van der Waals surface area (Å²) in [5, 5.41) is 6.27. The smallest absolute Gasteiger partial charge is 0.315 e. The Bertz CT molecular complexity index is 376. The van der Waals surface area contributed by atoms with E-state index in [4.69, 9.17) is 4.74 Å². The van der Waals surface area contributed by atoms with E-state index >= 15 is 0 Å². The van der Waals surface area contributed by atoms with Crippen LogP contribution in [-0.2, 0) is 4.74 Å². The minimum Gasteiger partial charge on any atom is -0.374 e. The van der Waals surface area contributed by atoms with Crippen LogP contribution in [0.15, 0.2) is 0 Å². The molecule has 3 fully saturated rings. The molecule has 2 atom stereocenters. The third kappa shape index (κ3) is 3.86. The van der Waals surface area contributed by atoms with Gasteiger partial charge in [0, 0.05) is 24.9 Å². The van der Waals surface area contributed by atoms with Crippen LogP contribution in [0.5, 0.6) is 0 Å². The number of rotatable bonds is 3. The van der Waals surface area contributed by atoms with Gasteiger partial charge in [0.25, 0.3) is 0 Å². The first-order valence-corrected chi connectivity index (χ1v) is 9.51. The van der Waals surface area contributed by atoms with E-state index in [0.717, 1.165) is 38.2 Å². The molecular formula is C16H28N2O2S. The summed E-state index contributed by atoms with van der Waals surface area (Å²) in [6.45, 7) is 3.88. The topological polar surface area (TPSA) is 50.4 Å². The number of carbonyl (C=O) groups is 1. The lowest BCUT2D eigenvalue weighted by Crippen LogP contribution is -2.51. The molecule has 4 nitrogen and oxygen atoms in total. The summed E-state index contributed by atoms with van der Waals surface area (Å²) in [5.41, 5.74) is 0.356. The average molecular weight is 312 g/mol. The van der Waals surface area contributed by atoms with Crippen molar-refractivity contribution in [3.8, 4) is 0 Å². The van der Waals surface area contributed by atoms with Gasteiger partial charge in [-0.05, 0) is 43.3 Å². The molecule has 5 heteroatoms. The van der Waals surface area contributed by atoms with Crippen molar-refractivity contribution in [2.75, 3.05) is 24.7 Å². The van der Waals surface area contributed by atoms with Gasteiger partial charge in [-0.3, -0.25) is 0 Å². The van der Waals surface area contributed by atoms with Crippen molar-refractivity contribution >= 4 is 17.8 Å². The molecule has 0 aromatic carbocycles. The highest BCUT2D eigenvalue weighted by Gasteiger charge is 2.40. The second kappa shape index (κ2) is 6.37. The van der Waals surface area contributed by atoms with E-state index in [0.29, 0.717) is 5.41 Å². The van der Waals surface area contributed by atoms with Crippen molar-refractivity contribution in [2.45, 2.75) is 63.5 Å². The number of urea groups is 1. The van der Waals surface area contributed by atoms with Crippen LogP contribution in [-0.4, -0.2) is 42.3 Å². The second-order valence-corrected chi connectivity index (χ2v) is 8.47. The van der Waals surface area contributed by atoms with Crippen molar-refractivity contribution in [3.63, 3.8) is 0 Å². The number of hydrogen-bond donors (Lipinski definition) is 2. The Morgan fingerprint density at radius 2 is 2.14 bits per heavy atom. The monoisotopic (exact) mass is 312 g/mol. The molecule has 2 amide bonds. The van der Waals surface area contributed by atoms with Crippen molar-refractivity contribution in [3.05, 3.63) is 0 Å². The lowest BCUT2D eigenvalue weighted by molar-refractivity contribution is -0.0684. The molecule has 0 unspecified atom stereocenters. The molecule has 2 saturated heterocycles. The molecule has 2 N–H and O–H groups in total. The fraction of sp³-hybridized carbons (Fsp3) is 0.938. The summed E-state index contributed by atoms with van der Waals surface area (Å²) in [4.78, 5) is 12.1. The zero-order valence-electron chi connectivity index (χ0n) is 13.1. The fourth-order valence-corrected chi connectivity index (χ4v) is 5.33. The van der Waals surface area contributed by atoms with Crippen LogP contribution in [0.4, 0.5) is 4.79 Å². The summed E-state index contributed by atoms with van der Waals surface area (Å²) in [6.07, 6.45) is 8.15. The summed E-state index contributed by atoms with van der Waals surface area (Å²) < 4.78 is 6.00. The molecule has 120 valence electrons. The van der Waals surface area contributed by atoms with E-state index in [1.165, 1.54) is 31.4 Å². The van der Waals surface area contributed by atoms with Crippen LogP contribution in [0.3, 0.4) is 0 Å². The Balaban J connectivity index is 1.44. The molecular weight excluding hydrogens is 284 g/mol. The van der Waals surface area contributed by atoms with Gasteiger partial charge in [0.1, 0.15) is 0 Å². The number of ether oxygens (including phenoxy) is 1. The molecule has 3 rings (SSSR count). The number of amides is 2. The number of thioether (sulfide) groups is 1. The van der Waals surface area contributed by atoms with Crippen LogP contribution < -0.4 is 10.6 Å². The van der Waals surface area contributed by atoms with E-state index in [1.54, 1.807) is 0 Å². The van der Waals surface area contributed by atoms with Crippen LogP contribution in [0.25, 0.3) is 0 Å². The van der Waals surface area contributed by atoms with Crippen molar-refractivity contribution in [1.82, 2.24) is 10.6 Å². The van der Waals surface area contributed by atoms with Crippen molar-refractivity contribution in [2.24, 2.45) is 5.41 Å². The highest BCUT2D eigenvalue weighted by atomic mass is 32.2. The van der Waals surface area contributed by atoms with Crippen LogP contribution in [0, 0.1) is 5.41 Å². The molecule has 0 aromatic heterocycles. The Morgan fingerprint density at radius 3 is 2.86 bits per heavy atom. The molecule has 2 heterocycles. The highest BCUT2D eigenvalue weighted by Crippen LogP contribution is 2.38. The van der Waals surface area contributed by atoms with Crippen LogP contribution in [0.2, 0.25) is 0 Å². The normalized spacial score (nSPS) is 35.0. The van der Waals surface area contributed by atoms with Gasteiger partial charge in [-0.25, -0.2) is 4.79 Å². The van der Waals surface area contributed by atoms with Gasteiger partial charge in [-0.15, -0.1) is 0 Å². The maximum absolute atomic E-state index is 12.1. The second-order valence-electron chi connectivity index (χ2n) is 7.37. The Labute approximate surface area is 132 Å². The molecule has 0 bridgehead atoms. The number of hydrogen-bond acceptors (Lipinski definition) is 3. The minimum atomic E-state index is 0.0100. The molecule has 0 radical (unpaired) electrons. The summed E-state index contributed by atoms with van der Waals surface area (Å²) in [6, 6.07) is 0.282. The average Bonchev–Trinajstić information content (AvgIpc) is 3.08. The van der Waals surface area contributed by atoms with E-state index in [1.807, 2.05) is 11.8 Å². The number of nitrogens with one attached hydrogen (secondary N) is 2. The first-order chi connectivity index (χ1) is 10.1. The number of carbonyl (C=O) groups excluding carboxylic acids is 1. The van der Waals surface area contributed by atoms with Crippen LogP contribution in [0.1, 0.15) is 51.9 Å². The standard InChI is InChI=1S/C16H28N2O2S/c1-15(5-2-3-6-15)11-17-14(19)18-13-4-8-20-16(10-13)7-9-21-12-16/h13H,2-12H2,1H3,(H2,17,18,19)/t13-,16-/m0/s1. The van der Waals surface area contributed by atoms with E-state index in [2.05, 4.69) is 17.6 Å². The Kier molecular flexibility index (Phi) is 4.69. The molecule has 1 aliphatic carbocycles. The van der Waals surface area contributed by atoms with Gasteiger partial charge in [0.05, 0.1) is 5.60 Å². The molecule has 1 saturated carbocycles. The highest BCUT2D eigenvalue weighted by molar-refractivity contribution is 7.99. The van der Waals surface area contributed by atoms with E-state index in [9.17, 15) is 4.79 Å². The van der Waals surface area contributed by atoms with Gasteiger partial charge in [-0.1, -0.05) is 19.8 Å². The van der Waals surface area contributed by atoms with Crippen LogP contribution >= 0.6 is 11.8 Å². The van der Waals surface area contributed by atoms with Crippen molar-refractivity contribution < 1.29 is 9.53 Å². The maximum atomic E-state index is 12.1. The van der Waals surface area contributed by atoms with Gasteiger partial charge in [0.2, 0.25) is 0 Å². The third-order valence-corrected chi connectivity index (χ3v) is 6.60. The molecule has 1 spiro atoms. The fourth-order valence-electron chi connectivity index (χ4n) is 3.95. The zero-order chi connectivity index (χ0) is 14.8. The van der Waals surface area contributed by atoms with E-state index < -0.39 is 0 Å². The first kappa shape index (κ1) is 15.5. The predicted octanol–water partition coefficient (Wildman–Crippen LogP) is 2.92. The Hall–Kier alpha value is -0.420. The van der Waals surface area contributed by atoms with Crippen molar-refractivity contribution in [1.29, 1.82) is 0 Å². The third-order valence-electron chi connectivity index (χ3n) is 5.38. The SMILES string of the molecule is CC1(CNC(=O)N[C@H]2CCO[C@@]3(CCSC3)C2)CCCC1. The van der Waals surface area contributed by atoms with E-state index in [-0.39, 0.29) is 17.7 Å². The lowest BCUT2D eigenvalue weighted by atomic mass is 9.89. The molecule has 0 aromatic rings. The van der Waals surface area contributed by atoms with Gasteiger partial charge >= 0.3 is 6.03 Å². The van der Waals surface area contributed by atoms with Gasteiger partial charge < -0.3 is 15.4 Å². The predicted molar refractivity (Wildman–Crippen MR) is 86.8 cm³/mol. The quantitative estimate of drug-likeness (QED) is 0.842. The van der Waals surface area contributed by atoms with Gasteiger partial charge in [-0.2, -0.15) is 11.8 Å². The molecule has 21 heavy (non-hydrogen) atoms. The zero-order valence-corrected chi connectivity index (χ0v) is 13.9. The molecule has 2 aliphatic heterocycles. The Morgan fingerprint density at radius 1 is 1.33 bits per heavy atom. The lowest BCUT2D eigenvalue weighted by Gasteiger charge is -2.38. The summed E-state index contributed by atoms with van der Waals surface area (Å²) >= 11 is 1.97. The maximum Gasteiger partial charge on any atom is 0.315 e. The summed E-state index contributed by atoms with van der Waals surface area (Å²) in [5.74, 6) is 2.28.